The lowest BCUT2D eigenvalue weighted by atomic mass is 10.3. The van der Waals surface area contributed by atoms with E-state index in [0.29, 0.717) is 0 Å². The second-order valence-electron chi connectivity index (χ2n) is 2.09. The maximum Gasteiger partial charge on any atom is 0.156 e. The number of allylic oxidation sites excluding steroid dienone is 1. The first-order chi connectivity index (χ1) is 3.60. The molecule has 2 nitrogen and oxygen atoms in total. The van der Waals surface area contributed by atoms with Gasteiger partial charge in [0.1, 0.15) is 0 Å². The van der Waals surface area contributed by atoms with Crippen molar-refractivity contribution in [2.24, 2.45) is 0 Å². The first-order valence-corrected chi connectivity index (χ1v) is 2.91. The second kappa shape index (κ2) is 1.67. The van der Waals surface area contributed by atoms with Gasteiger partial charge in [-0.3, -0.25) is 10.3 Å². The Morgan fingerprint density at radius 3 is 2.62 bits per heavy atom. The largest absolute Gasteiger partial charge is 0.270 e. The van der Waals surface area contributed by atoms with Crippen molar-refractivity contribution in [3.63, 3.8) is 0 Å². The molecule has 0 aromatic rings. The fourth-order valence-electron chi connectivity index (χ4n) is 0.644. The number of nitrogens with one attached hydrogen (secondary N) is 1. The summed E-state index contributed by atoms with van der Waals surface area (Å²) in [5, 5.41) is 0. The molecule has 0 saturated heterocycles. The third-order valence-electron chi connectivity index (χ3n) is 0.903. The molecule has 0 amide bonds. The van der Waals surface area contributed by atoms with E-state index >= 15 is 0 Å². The van der Waals surface area contributed by atoms with Crippen molar-refractivity contribution in [1.82, 2.24) is 5.48 Å². The second-order valence-corrected chi connectivity index (χ2v) is 2.97. The number of hydrogen-bond acceptors (Lipinski definition) is 3. The van der Waals surface area contributed by atoms with E-state index in [-0.39, 0.29) is 0 Å². The molecule has 1 heterocycles. The molecule has 8 heavy (non-hydrogen) atoms. The predicted octanol–water partition coefficient (Wildman–Crippen LogP) is 1.07. The van der Waals surface area contributed by atoms with E-state index < -0.39 is 4.93 Å². The van der Waals surface area contributed by atoms with Gasteiger partial charge in [-0.1, -0.05) is 0 Å². The summed E-state index contributed by atoms with van der Waals surface area (Å²) in [6.07, 6.45) is 1.91. The van der Waals surface area contributed by atoms with Gasteiger partial charge in [0, 0.05) is 5.70 Å². The van der Waals surface area contributed by atoms with Crippen LogP contribution in [0.4, 0.5) is 0 Å². The molecule has 0 aromatic heterocycles. The highest BCUT2D eigenvalue weighted by atomic mass is 32.1. The van der Waals surface area contributed by atoms with Crippen LogP contribution >= 0.6 is 12.6 Å². The molecule has 0 saturated carbocycles. The monoisotopic (exact) mass is 131 g/mol. The molecule has 1 unspecified atom stereocenters. The summed E-state index contributed by atoms with van der Waals surface area (Å²) in [6.45, 7) is 3.81. The van der Waals surface area contributed by atoms with E-state index in [1.807, 2.05) is 19.9 Å². The zero-order valence-corrected chi connectivity index (χ0v) is 5.83. The average Bonchev–Trinajstić information content (AvgIpc) is 1.82. The van der Waals surface area contributed by atoms with Crippen LogP contribution in [0.25, 0.3) is 0 Å². The van der Waals surface area contributed by atoms with Crippen LogP contribution in [0.1, 0.15) is 13.8 Å². The van der Waals surface area contributed by atoms with Gasteiger partial charge < -0.3 is 0 Å². The minimum atomic E-state index is -0.413. The molecular weight excluding hydrogens is 122 g/mol. The van der Waals surface area contributed by atoms with E-state index in [9.17, 15) is 0 Å². The SMILES string of the molecule is CC1=CC(C)(S)ON1. The Labute approximate surface area is 54.3 Å². The topological polar surface area (TPSA) is 21.3 Å². The standard InChI is InChI=1S/C5H9NOS/c1-4-3-5(2,8)7-6-4/h3,6,8H,1-2H3. The van der Waals surface area contributed by atoms with Gasteiger partial charge in [-0.05, 0) is 19.9 Å². The van der Waals surface area contributed by atoms with Crippen LogP contribution in [0.15, 0.2) is 11.8 Å². The molecule has 1 aliphatic rings. The molecule has 1 N–H and O–H groups in total. The number of hydroxylamine groups is 1. The van der Waals surface area contributed by atoms with Crippen molar-refractivity contribution in [3.05, 3.63) is 11.8 Å². The molecule has 0 aliphatic carbocycles. The summed E-state index contributed by atoms with van der Waals surface area (Å²) in [7, 11) is 0. The Balaban J connectivity index is 2.67. The fraction of sp³-hybridized carbons (Fsp3) is 0.600. The molecule has 0 fully saturated rings. The molecule has 1 atom stereocenters. The average molecular weight is 131 g/mol. The molecule has 3 heteroatoms. The molecule has 0 radical (unpaired) electrons. The van der Waals surface area contributed by atoms with Crippen molar-refractivity contribution in [2.45, 2.75) is 18.8 Å². The van der Waals surface area contributed by atoms with Crippen LogP contribution in [0.2, 0.25) is 0 Å². The van der Waals surface area contributed by atoms with Crippen molar-refractivity contribution in [2.75, 3.05) is 0 Å². The van der Waals surface area contributed by atoms with Gasteiger partial charge >= 0.3 is 0 Å². The maximum atomic E-state index is 4.97. The summed E-state index contributed by atoms with van der Waals surface area (Å²) in [4.78, 5) is 4.56. The summed E-state index contributed by atoms with van der Waals surface area (Å²) in [5.74, 6) is 0. The minimum absolute atomic E-state index is 0.413. The van der Waals surface area contributed by atoms with Gasteiger partial charge in [0.25, 0.3) is 0 Å². The van der Waals surface area contributed by atoms with E-state index in [1.54, 1.807) is 0 Å². The molecular formula is C5H9NOS. The van der Waals surface area contributed by atoms with Crippen LogP contribution in [0, 0.1) is 0 Å². The maximum absolute atomic E-state index is 4.97. The van der Waals surface area contributed by atoms with Crippen LogP contribution < -0.4 is 5.48 Å². The third-order valence-corrected chi connectivity index (χ3v) is 1.12. The van der Waals surface area contributed by atoms with E-state index in [0.717, 1.165) is 5.70 Å². The normalized spacial score (nSPS) is 36.6. The highest BCUT2D eigenvalue weighted by Gasteiger charge is 2.22. The number of hydrogen-bond donors (Lipinski definition) is 2. The zero-order chi connectivity index (χ0) is 6.20. The van der Waals surface area contributed by atoms with Gasteiger partial charge in [-0.25, -0.2) is 0 Å². The van der Waals surface area contributed by atoms with E-state index in [1.165, 1.54) is 0 Å². The zero-order valence-electron chi connectivity index (χ0n) is 4.93. The van der Waals surface area contributed by atoms with Gasteiger partial charge in [-0.2, -0.15) is 0 Å². The van der Waals surface area contributed by atoms with Crippen LogP contribution in [0.3, 0.4) is 0 Å². The lowest BCUT2D eigenvalue weighted by Crippen LogP contribution is -2.17. The Morgan fingerprint density at radius 2 is 2.50 bits per heavy atom. The highest BCUT2D eigenvalue weighted by molar-refractivity contribution is 7.81. The first-order valence-electron chi connectivity index (χ1n) is 2.46. The molecule has 1 aliphatic heterocycles. The first kappa shape index (κ1) is 5.98. The third kappa shape index (κ3) is 1.17. The lowest BCUT2D eigenvalue weighted by molar-refractivity contribution is 0.0326. The molecule has 0 aromatic carbocycles. The van der Waals surface area contributed by atoms with Gasteiger partial charge in [-0.15, -0.1) is 12.6 Å². The van der Waals surface area contributed by atoms with Gasteiger partial charge in [0.05, 0.1) is 0 Å². The Morgan fingerprint density at radius 1 is 1.88 bits per heavy atom. The number of rotatable bonds is 0. The molecule has 0 bridgehead atoms. The Hall–Kier alpha value is -0.150. The van der Waals surface area contributed by atoms with E-state index in [4.69, 9.17) is 4.84 Å². The van der Waals surface area contributed by atoms with Gasteiger partial charge in [0.15, 0.2) is 4.93 Å². The molecule has 0 spiro atoms. The highest BCUT2D eigenvalue weighted by Crippen LogP contribution is 2.22. The van der Waals surface area contributed by atoms with E-state index in [2.05, 4.69) is 18.1 Å². The molecule has 1 rings (SSSR count). The number of thiol groups is 1. The van der Waals surface area contributed by atoms with Crippen molar-refractivity contribution in [3.8, 4) is 0 Å². The Kier molecular flexibility index (Phi) is 1.25. The smallest absolute Gasteiger partial charge is 0.156 e. The van der Waals surface area contributed by atoms with Crippen LogP contribution in [-0.2, 0) is 4.84 Å². The summed E-state index contributed by atoms with van der Waals surface area (Å²) < 4.78 is 0. The summed E-state index contributed by atoms with van der Waals surface area (Å²) in [6, 6.07) is 0. The van der Waals surface area contributed by atoms with Gasteiger partial charge in [0.2, 0.25) is 0 Å². The summed E-state index contributed by atoms with van der Waals surface area (Å²) in [5.41, 5.74) is 3.71. The predicted molar refractivity (Wildman–Crippen MR) is 35.4 cm³/mol. The minimum Gasteiger partial charge on any atom is -0.270 e. The lowest BCUT2D eigenvalue weighted by Gasteiger charge is -2.10. The van der Waals surface area contributed by atoms with Crippen molar-refractivity contribution >= 4 is 12.6 Å². The van der Waals surface area contributed by atoms with Crippen molar-refractivity contribution in [1.29, 1.82) is 0 Å². The summed E-state index contributed by atoms with van der Waals surface area (Å²) >= 11 is 4.15. The molecule has 46 valence electrons. The fourth-order valence-corrected chi connectivity index (χ4v) is 0.884. The van der Waals surface area contributed by atoms with Crippen LogP contribution in [-0.4, -0.2) is 4.93 Å². The van der Waals surface area contributed by atoms with Crippen molar-refractivity contribution < 1.29 is 4.84 Å². The Bertz CT molecular complexity index is 130. The quantitative estimate of drug-likeness (QED) is 0.480. The van der Waals surface area contributed by atoms with Crippen LogP contribution in [0.5, 0.6) is 0 Å².